The minimum absolute atomic E-state index is 0.0237. The standard InChI is InChI=1S/C19H23N3O3/c1-12(7-14-3-4-17-18(8-14)25-11-24-17)9-22-6-5-15-16(10-22)20-13(2)21-19(15)23/h3-4,8,12H,5-7,9-11H2,1-2H3,(H,20,21,23)/t12-/m1/s1. The minimum atomic E-state index is 0.0237. The average molecular weight is 341 g/mol. The molecular weight excluding hydrogens is 318 g/mol. The molecule has 1 aromatic heterocycles. The fourth-order valence-corrected chi connectivity index (χ4v) is 3.75. The SMILES string of the molecule is Cc1nc2c(c(=O)[nH]1)CCN(C[C@H](C)Cc1ccc3c(c1)OCO3)C2. The van der Waals surface area contributed by atoms with Crippen molar-refractivity contribution in [1.29, 1.82) is 0 Å². The first-order valence-corrected chi connectivity index (χ1v) is 8.78. The van der Waals surface area contributed by atoms with Crippen LogP contribution in [0.4, 0.5) is 0 Å². The molecule has 6 heteroatoms. The highest BCUT2D eigenvalue weighted by atomic mass is 16.7. The number of aryl methyl sites for hydroxylation is 1. The van der Waals surface area contributed by atoms with Gasteiger partial charge in [-0.1, -0.05) is 13.0 Å². The van der Waals surface area contributed by atoms with Crippen LogP contribution in [0.1, 0.15) is 29.6 Å². The molecule has 3 heterocycles. The Labute approximate surface area is 146 Å². The van der Waals surface area contributed by atoms with Crippen molar-refractivity contribution < 1.29 is 9.47 Å². The number of ether oxygens (including phenoxy) is 2. The summed E-state index contributed by atoms with van der Waals surface area (Å²) in [6.07, 6.45) is 1.76. The third kappa shape index (κ3) is 3.39. The molecule has 0 amide bonds. The maximum Gasteiger partial charge on any atom is 0.254 e. The fourth-order valence-electron chi connectivity index (χ4n) is 3.75. The van der Waals surface area contributed by atoms with Crippen molar-refractivity contribution in [2.75, 3.05) is 19.9 Å². The second-order valence-electron chi connectivity index (χ2n) is 7.06. The van der Waals surface area contributed by atoms with Crippen LogP contribution in [0.15, 0.2) is 23.0 Å². The van der Waals surface area contributed by atoms with Gasteiger partial charge in [0.15, 0.2) is 11.5 Å². The average Bonchev–Trinajstić information content (AvgIpc) is 3.01. The van der Waals surface area contributed by atoms with E-state index in [4.69, 9.17) is 9.47 Å². The summed E-state index contributed by atoms with van der Waals surface area (Å²) in [6.45, 7) is 7.06. The molecule has 132 valence electrons. The third-order valence-electron chi connectivity index (χ3n) is 4.86. The number of hydrogen-bond donors (Lipinski definition) is 1. The number of aromatic nitrogens is 2. The first kappa shape index (κ1) is 16.1. The molecule has 2 aliphatic rings. The van der Waals surface area contributed by atoms with Crippen molar-refractivity contribution in [3.63, 3.8) is 0 Å². The van der Waals surface area contributed by atoms with Crippen LogP contribution in [0.3, 0.4) is 0 Å². The van der Waals surface area contributed by atoms with Crippen molar-refractivity contribution in [1.82, 2.24) is 14.9 Å². The predicted molar refractivity (Wildman–Crippen MR) is 94.0 cm³/mol. The lowest BCUT2D eigenvalue weighted by Crippen LogP contribution is -2.38. The Hall–Kier alpha value is -2.34. The van der Waals surface area contributed by atoms with Crippen LogP contribution in [0, 0.1) is 12.8 Å². The number of fused-ring (bicyclic) bond motifs is 2. The number of rotatable bonds is 4. The molecule has 0 bridgehead atoms. The van der Waals surface area contributed by atoms with Gasteiger partial charge in [-0.25, -0.2) is 4.98 Å². The number of aromatic amines is 1. The van der Waals surface area contributed by atoms with Gasteiger partial charge in [0.25, 0.3) is 5.56 Å². The first-order chi connectivity index (χ1) is 12.1. The predicted octanol–water partition coefficient (Wildman–Crippen LogP) is 2.04. The van der Waals surface area contributed by atoms with Crippen molar-refractivity contribution in [2.24, 2.45) is 5.92 Å². The zero-order valence-corrected chi connectivity index (χ0v) is 14.7. The Morgan fingerprint density at radius 3 is 3.04 bits per heavy atom. The van der Waals surface area contributed by atoms with Crippen molar-refractivity contribution in [2.45, 2.75) is 33.2 Å². The zero-order valence-electron chi connectivity index (χ0n) is 14.7. The van der Waals surface area contributed by atoms with Gasteiger partial charge in [0.1, 0.15) is 5.82 Å². The third-order valence-corrected chi connectivity index (χ3v) is 4.86. The molecule has 0 saturated heterocycles. The van der Waals surface area contributed by atoms with Crippen LogP contribution in [0.5, 0.6) is 11.5 Å². The lowest BCUT2D eigenvalue weighted by atomic mass is 9.98. The van der Waals surface area contributed by atoms with Crippen LogP contribution < -0.4 is 15.0 Å². The van der Waals surface area contributed by atoms with Crippen molar-refractivity contribution >= 4 is 0 Å². The number of benzene rings is 1. The van der Waals surface area contributed by atoms with Crippen LogP contribution in [0.2, 0.25) is 0 Å². The summed E-state index contributed by atoms with van der Waals surface area (Å²) in [4.78, 5) is 21.7. The molecule has 0 unspecified atom stereocenters. The summed E-state index contributed by atoms with van der Waals surface area (Å²) >= 11 is 0. The molecule has 0 fully saturated rings. The van der Waals surface area contributed by atoms with Gasteiger partial charge in [-0.3, -0.25) is 9.69 Å². The van der Waals surface area contributed by atoms with Gasteiger partial charge in [0.2, 0.25) is 6.79 Å². The Morgan fingerprint density at radius 1 is 1.32 bits per heavy atom. The molecular formula is C19H23N3O3. The topological polar surface area (TPSA) is 67.5 Å². The monoisotopic (exact) mass is 341 g/mol. The molecule has 1 atom stereocenters. The Kier molecular flexibility index (Phi) is 4.21. The highest BCUT2D eigenvalue weighted by molar-refractivity contribution is 5.44. The first-order valence-electron chi connectivity index (χ1n) is 8.78. The number of nitrogens with one attached hydrogen (secondary N) is 1. The molecule has 1 N–H and O–H groups in total. The Balaban J connectivity index is 1.40. The van der Waals surface area contributed by atoms with E-state index in [0.717, 1.165) is 55.2 Å². The van der Waals surface area contributed by atoms with Crippen molar-refractivity contribution in [3.05, 3.63) is 51.2 Å². The van der Waals surface area contributed by atoms with E-state index in [1.165, 1.54) is 5.56 Å². The van der Waals surface area contributed by atoms with Gasteiger partial charge in [0.05, 0.1) is 5.69 Å². The van der Waals surface area contributed by atoms with Gasteiger partial charge in [-0.05, 0) is 43.4 Å². The number of hydrogen-bond acceptors (Lipinski definition) is 5. The maximum atomic E-state index is 12.0. The van der Waals surface area contributed by atoms with E-state index in [2.05, 4.69) is 33.9 Å². The van der Waals surface area contributed by atoms with E-state index < -0.39 is 0 Å². The van der Waals surface area contributed by atoms with E-state index in [0.29, 0.717) is 18.5 Å². The summed E-state index contributed by atoms with van der Waals surface area (Å²) in [7, 11) is 0. The minimum Gasteiger partial charge on any atom is -0.454 e. The van der Waals surface area contributed by atoms with Crippen LogP contribution in [-0.4, -0.2) is 34.8 Å². The zero-order chi connectivity index (χ0) is 17.4. The molecule has 25 heavy (non-hydrogen) atoms. The van der Waals surface area contributed by atoms with Crippen LogP contribution in [0.25, 0.3) is 0 Å². The van der Waals surface area contributed by atoms with Gasteiger partial charge >= 0.3 is 0 Å². The lowest BCUT2D eigenvalue weighted by Gasteiger charge is -2.29. The van der Waals surface area contributed by atoms with Gasteiger partial charge in [-0.2, -0.15) is 0 Å². The van der Waals surface area contributed by atoms with Gasteiger partial charge in [-0.15, -0.1) is 0 Å². The van der Waals surface area contributed by atoms with Gasteiger partial charge in [0, 0.05) is 25.2 Å². The highest BCUT2D eigenvalue weighted by Gasteiger charge is 2.22. The second kappa shape index (κ2) is 6.52. The Bertz CT molecular complexity index is 846. The summed E-state index contributed by atoms with van der Waals surface area (Å²) < 4.78 is 10.8. The molecule has 2 aromatic rings. The smallest absolute Gasteiger partial charge is 0.254 e. The summed E-state index contributed by atoms with van der Waals surface area (Å²) in [6, 6.07) is 6.18. The molecule has 0 saturated carbocycles. The van der Waals surface area contributed by atoms with E-state index >= 15 is 0 Å². The maximum absolute atomic E-state index is 12.0. The van der Waals surface area contributed by atoms with Gasteiger partial charge < -0.3 is 14.5 Å². The molecule has 0 radical (unpaired) electrons. The molecule has 2 aliphatic heterocycles. The number of nitrogens with zero attached hydrogens (tertiary/aromatic N) is 2. The van der Waals surface area contributed by atoms with Crippen LogP contribution >= 0.6 is 0 Å². The second-order valence-corrected chi connectivity index (χ2v) is 7.06. The summed E-state index contributed by atoms with van der Waals surface area (Å²) in [5.41, 5.74) is 3.07. The summed E-state index contributed by atoms with van der Waals surface area (Å²) in [5.74, 6) is 2.87. The molecule has 0 aliphatic carbocycles. The Morgan fingerprint density at radius 2 is 2.16 bits per heavy atom. The van der Waals surface area contributed by atoms with E-state index in [-0.39, 0.29) is 5.56 Å². The van der Waals surface area contributed by atoms with E-state index in [1.54, 1.807) is 0 Å². The summed E-state index contributed by atoms with van der Waals surface area (Å²) in [5, 5.41) is 0. The normalized spacial score (nSPS) is 17.4. The van der Waals surface area contributed by atoms with Crippen LogP contribution in [-0.2, 0) is 19.4 Å². The van der Waals surface area contributed by atoms with Crippen molar-refractivity contribution in [3.8, 4) is 11.5 Å². The van der Waals surface area contributed by atoms with E-state index in [1.807, 2.05) is 13.0 Å². The molecule has 6 nitrogen and oxygen atoms in total. The highest BCUT2D eigenvalue weighted by Crippen LogP contribution is 2.33. The largest absolute Gasteiger partial charge is 0.454 e. The lowest BCUT2D eigenvalue weighted by molar-refractivity contribution is 0.174. The number of H-pyrrole nitrogens is 1. The quantitative estimate of drug-likeness (QED) is 0.922. The van der Waals surface area contributed by atoms with E-state index in [9.17, 15) is 4.79 Å². The molecule has 0 spiro atoms. The fraction of sp³-hybridized carbons (Fsp3) is 0.474. The molecule has 4 rings (SSSR count). The molecule has 1 aromatic carbocycles.